The van der Waals surface area contributed by atoms with Crippen LogP contribution >= 0.6 is 0 Å². The van der Waals surface area contributed by atoms with Crippen molar-refractivity contribution in [1.82, 2.24) is 0 Å². The Morgan fingerprint density at radius 1 is 1.73 bits per heavy atom. The third kappa shape index (κ3) is 6.32. The molecule has 0 saturated heterocycles. The molecule has 0 radical (unpaired) electrons. The third-order valence-corrected chi connectivity index (χ3v) is 0.851. The normalized spacial score (nSPS) is 10.2. The summed E-state index contributed by atoms with van der Waals surface area (Å²) >= 11 is 0. The highest BCUT2D eigenvalue weighted by Gasteiger charge is 1.91. The SMILES string of the molecule is CC=CCOC(=O)C=CC#N. The van der Waals surface area contributed by atoms with Gasteiger partial charge in [0, 0.05) is 12.2 Å². The summed E-state index contributed by atoms with van der Waals surface area (Å²) < 4.78 is 4.62. The number of allylic oxidation sites excluding steroid dienone is 2. The van der Waals surface area contributed by atoms with Crippen LogP contribution in [0.4, 0.5) is 0 Å². The predicted molar refractivity (Wildman–Crippen MR) is 40.5 cm³/mol. The maximum Gasteiger partial charge on any atom is 0.331 e. The fourth-order valence-electron chi connectivity index (χ4n) is 0.380. The van der Waals surface area contributed by atoms with Gasteiger partial charge in [-0.05, 0) is 6.92 Å². The Kier molecular flexibility index (Phi) is 5.63. The Labute approximate surface area is 65.6 Å². The van der Waals surface area contributed by atoms with Crippen molar-refractivity contribution < 1.29 is 9.53 Å². The second-order valence-electron chi connectivity index (χ2n) is 1.66. The van der Waals surface area contributed by atoms with Gasteiger partial charge in [-0.1, -0.05) is 12.2 Å². The lowest BCUT2D eigenvalue weighted by atomic mass is 10.5. The van der Waals surface area contributed by atoms with E-state index in [9.17, 15) is 4.79 Å². The molecule has 0 aliphatic heterocycles. The summed E-state index contributed by atoms with van der Waals surface area (Å²) in [6.07, 6.45) is 5.65. The highest BCUT2D eigenvalue weighted by molar-refractivity contribution is 5.82. The Balaban J connectivity index is 3.55. The number of carbonyl (C=O) groups excluding carboxylic acids is 1. The number of nitriles is 1. The Bertz CT molecular complexity index is 211. The second kappa shape index (κ2) is 6.56. The van der Waals surface area contributed by atoms with Gasteiger partial charge >= 0.3 is 5.97 Å². The fraction of sp³-hybridized carbons (Fsp3) is 0.250. The van der Waals surface area contributed by atoms with Gasteiger partial charge < -0.3 is 4.74 Å². The molecule has 0 bridgehead atoms. The van der Waals surface area contributed by atoms with E-state index in [2.05, 4.69) is 4.74 Å². The summed E-state index contributed by atoms with van der Waals surface area (Å²) in [6, 6.07) is 1.69. The predicted octanol–water partition coefficient (Wildman–Crippen LogP) is 1.19. The molecule has 0 heterocycles. The zero-order valence-corrected chi connectivity index (χ0v) is 6.28. The van der Waals surface area contributed by atoms with Gasteiger partial charge in [-0.2, -0.15) is 5.26 Å². The van der Waals surface area contributed by atoms with Crippen LogP contribution in [0.1, 0.15) is 6.92 Å². The number of hydrogen-bond donors (Lipinski definition) is 0. The van der Waals surface area contributed by atoms with E-state index in [0.29, 0.717) is 0 Å². The fourth-order valence-corrected chi connectivity index (χ4v) is 0.380. The zero-order chi connectivity index (χ0) is 8.53. The van der Waals surface area contributed by atoms with Crippen molar-refractivity contribution >= 4 is 5.97 Å². The first-order valence-electron chi connectivity index (χ1n) is 3.15. The van der Waals surface area contributed by atoms with E-state index < -0.39 is 5.97 Å². The van der Waals surface area contributed by atoms with E-state index in [0.717, 1.165) is 12.2 Å². The van der Waals surface area contributed by atoms with Crippen LogP contribution in [0.15, 0.2) is 24.3 Å². The molecule has 0 unspecified atom stereocenters. The van der Waals surface area contributed by atoms with Crippen molar-refractivity contribution in [2.24, 2.45) is 0 Å². The molecule has 3 heteroatoms. The van der Waals surface area contributed by atoms with Crippen molar-refractivity contribution in [3.05, 3.63) is 24.3 Å². The second-order valence-corrected chi connectivity index (χ2v) is 1.66. The largest absolute Gasteiger partial charge is 0.458 e. The Hall–Kier alpha value is -1.56. The minimum absolute atomic E-state index is 0.255. The average molecular weight is 151 g/mol. The molecule has 3 nitrogen and oxygen atoms in total. The smallest absolute Gasteiger partial charge is 0.331 e. The lowest BCUT2D eigenvalue weighted by Gasteiger charge is -1.93. The molecule has 0 aliphatic carbocycles. The molecule has 0 spiro atoms. The van der Waals surface area contributed by atoms with Crippen LogP contribution < -0.4 is 0 Å². The first kappa shape index (κ1) is 9.44. The van der Waals surface area contributed by atoms with Gasteiger partial charge in [0.05, 0.1) is 6.07 Å². The van der Waals surface area contributed by atoms with Crippen LogP contribution in [-0.2, 0) is 9.53 Å². The molecule has 0 N–H and O–H groups in total. The maximum atomic E-state index is 10.6. The molecule has 0 aromatic carbocycles. The minimum Gasteiger partial charge on any atom is -0.458 e. The molecule has 0 atom stereocenters. The average Bonchev–Trinajstić information content (AvgIpc) is 2.01. The topological polar surface area (TPSA) is 50.1 Å². The molecule has 0 aromatic heterocycles. The van der Waals surface area contributed by atoms with Gasteiger partial charge in [0.1, 0.15) is 6.61 Å². The number of esters is 1. The highest BCUT2D eigenvalue weighted by Crippen LogP contribution is 1.82. The highest BCUT2D eigenvalue weighted by atomic mass is 16.5. The van der Waals surface area contributed by atoms with Crippen LogP contribution in [0.5, 0.6) is 0 Å². The first-order chi connectivity index (χ1) is 5.31. The first-order valence-corrected chi connectivity index (χ1v) is 3.15. The molecule has 0 saturated carbocycles. The summed E-state index contributed by atoms with van der Waals surface area (Å²) in [6.45, 7) is 2.09. The van der Waals surface area contributed by atoms with Gasteiger partial charge in [-0.15, -0.1) is 0 Å². The van der Waals surface area contributed by atoms with Crippen LogP contribution in [0.25, 0.3) is 0 Å². The number of hydrogen-bond acceptors (Lipinski definition) is 3. The Morgan fingerprint density at radius 2 is 2.45 bits per heavy atom. The number of ether oxygens (including phenoxy) is 1. The quantitative estimate of drug-likeness (QED) is 0.263. The van der Waals surface area contributed by atoms with E-state index >= 15 is 0 Å². The van der Waals surface area contributed by atoms with Gasteiger partial charge in [-0.25, -0.2) is 4.79 Å². The van der Waals surface area contributed by atoms with Gasteiger partial charge in [-0.3, -0.25) is 0 Å². The van der Waals surface area contributed by atoms with Gasteiger partial charge in [0.15, 0.2) is 0 Å². The number of rotatable bonds is 3. The standard InChI is InChI=1S/C8H9NO2/c1-2-3-7-11-8(10)5-4-6-9/h2-5H,7H2,1H3. The number of carbonyl (C=O) groups is 1. The molecular formula is C8H9NO2. The molecule has 0 amide bonds. The molecular weight excluding hydrogens is 142 g/mol. The molecule has 58 valence electrons. The van der Waals surface area contributed by atoms with Crippen LogP contribution in [0.2, 0.25) is 0 Å². The third-order valence-electron chi connectivity index (χ3n) is 0.851. The minimum atomic E-state index is -0.496. The lowest BCUT2D eigenvalue weighted by Crippen LogP contribution is -1.99. The summed E-state index contributed by atoms with van der Waals surface area (Å²) in [7, 11) is 0. The van der Waals surface area contributed by atoms with Crippen molar-refractivity contribution in [2.45, 2.75) is 6.92 Å². The van der Waals surface area contributed by atoms with Crippen molar-refractivity contribution in [2.75, 3.05) is 6.61 Å². The summed E-state index contributed by atoms with van der Waals surface area (Å²) in [5, 5.41) is 8.03. The van der Waals surface area contributed by atoms with E-state index in [-0.39, 0.29) is 6.61 Å². The monoisotopic (exact) mass is 151 g/mol. The van der Waals surface area contributed by atoms with E-state index in [1.165, 1.54) is 0 Å². The lowest BCUT2D eigenvalue weighted by molar-refractivity contribution is -0.136. The van der Waals surface area contributed by atoms with Crippen molar-refractivity contribution in [3.63, 3.8) is 0 Å². The molecule has 0 aromatic rings. The summed E-state index contributed by atoms with van der Waals surface area (Å²) in [5.41, 5.74) is 0. The van der Waals surface area contributed by atoms with Crippen LogP contribution in [0.3, 0.4) is 0 Å². The Morgan fingerprint density at radius 3 is 3.00 bits per heavy atom. The van der Waals surface area contributed by atoms with Crippen molar-refractivity contribution in [1.29, 1.82) is 5.26 Å². The molecule has 11 heavy (non-hydrogen) atoms. The maximum absolute atomic E-state index is 10.6. The van der Waals surface area contributed by atoms with Gasteiger partial charge in [0.2, 0.25) is 0 Å². The zero-order valence-electron chi connectivity index (χ0n) is 6.28. The van der Waals surface area contributed by atoms with Crippen LogP contribution in [0, 0.1) is 11.3 Å². The van der Waals surface area contributed by atoms with Gasteiger partial charge in [0.25, 0.3) is 0 Å². The molecule has 0 rings (SSSR count). The molecule has 0 aliphatic rings. The van der Waals surface area contributed by atoms with E-state index in [1.807, 2.05) is 6.92 Å². The summed E-state index contributed by atoms with van der Waals surface area (Å²) in [5.74, 6) is -0.496. The van der Waals surface area contributed by atoms with Crippen molar-refractivity contribution in [3.8, 4) is 6.07 Å². The number of nitrogens with zero attached hydrogens (tertiary/aromatic N) is 1. The van der Waals surface area contributed by atoms with E-state index in [1.54, 1.807) is 18.2 Å². The summed E-state index contributed by atoms with van der Waals surface area (Å²) in [4.78, 5) is 10.6. The molecule has 0 fully saturated rings. The van der Waals surface area contributed by atoms with E-state index in [4.69, 9.17) is 5.26 Å². The van der Waals surface area contributed by atoms with Crippen LogP contribution in [-0.4, -0.2) is 12.6 Å².